The summed E-state index contributed by atoms with van der Waals surface area (Å²) in [6.45, 7) is 4.66. The Bertz CT molecular complexity index is 2290. The molecule has 1 aliphatic heterocycles. The molecular weight excluding hydrogens is 551 g/mol. The first-order chi connectivity index (χ1) is 20.7. The van der Waals surface area contributed by atoms with Crippen molar-refractivity contribution in [3.05, 3.63) is 115 Å². The van der Waals surface area contributed by atoms with Crippen molar-refractivity contribution in [2.24, 2.45) is 0 Å². The van der Waals surface area contributed by atoms with Gasteiger partial charge < -0.3 is 24.2 Å². The van der Waals surface area contributed by atoms with Gasteiger partial charge in [0.1, 0.15) is 11.3 Å². The van der Waals surface area contributed by atoms with Crippen molar-refractivity contribution in [1.29, 1.82) is 0 Å². The van der Waals surface area contributed by atoms with Gasteiger partial charge in [0.2, 0.25) is 0 Å². The number of hydrogen-bond donors (Lipinski definition) is 2. The fourth-order valence-corrected chi connectivity index (χ4v) is 5.99. The van der Waals surface area contributed by atoms with Gasteiger partial charge in [-0.05, 0) is 68.1 Å². The molecule has 0 spiro atoms. The van der Waals surface area contributed by atoms with Crippen molar-refractivity contribution in [3.8, 4) is 16.9 Å². The first-order valence-corrected chi connectivity index (χ1v) is 13.9. The zero-order chi connectivity index (χ0) is 30.0. The number of rotatable bonds is 3. The predicted octanol–water partition coefficient (Wildman–Crippen LogP) is 3.28. The minimum Gasteiger partial charge on any atom is -0.336 e. The number of carbonyl (C=O) groups is 1. The van der Waals surface area contributed by atoms with E-state index in [9.17, 15) is 23.6 Å². The van der Waals surface area contributed by atoms with Crippen LogP contribution >= 0.6 is 0 Å². The summed E-state index contributed by atoms with van der Waals surface area (Å²) in [5.74, 6) is -0.771. The van der Waals surface area contributed by atoms with Crippen LogP contribution in [0.1, 0.15) is 15.9 Å². The van der Waals surface area contributed by atoms with E-state index in [2.05, 4.69) is 14.9 Å². The first-order valence-electron chi connectivity index (χ1n) is 13.9. The van der Waals surface area contributed by atoms with Gasteiger partial charge in [0.05, 0.1) is 33.3 Å². The van der Waals surface area contributed by atoms with E-state index in [1.165, 1.54) is 18.2 Å². The molecular formula is C32H27FN6O4. The van der Waals surface area contributed by atoms with Gasteiger partial charge in [-0.15, -0.1) is 0 Å². The van der Waals surface area contributed by atoms with Crippen LogP contribution in [0.2, 0.25) is 0 Å². The number of H-pyrrole nitrogens is 2. The van der Waals surface area contributed by atoms with Gasteiger partial charge >= 0.3 is 5.69 Å². The number of aromatic amines is 2. The van der Waals surface area contributed by atoms with E-state index in [4.69, 9.17) is 0 Å². The smallest absolute Gasteiger partial charge is 0.333 e. The molecule has 11 heteroatoms. The number of piperazine rings is 1. The normalized spacial score (nSPS) is 14.3. The predicted molar refractivity (Wildman–Crippen MR) is 163 cm³/mol. The molecule has 1 fully saturated rings. The second kappa shape index (κ2) is 9.92. The maximum atomic E-state index is 14.3. The Labute approximate surface area is 243 Å². The summed E-state index contributed by atoms with van der Waals surface area (Å²) in [7, 11) is 2.03. The number of para-hydroxylation sites is 1. The number of carbonyl (C=O) groups excluding carboxylic acids is 1. The molecule has 0 atom stereocenters. The van der Waals surface area contributed by atoms with Crippen LogP contribution in [-0.4, -0.2) is 67.9 Å². The maximum Gasteiger partial charge on any atom is 0.333 e. The molecule has 0 radical (unpaired) electrons. The summed E-state index contributed by atoms with van der Waals surface area (Å²) in [5.41, 5.74) is 2.52. The summed E-state index contributed by atoms with van der Waals surface area (Å²) < 4.78 is 17.1. The average Bonchev–Trinajstić information content (AvgIpc) is 3.44. The lowest BCUT2D eigenvalue weighted by atomic mass is 10.0. The molecule has 0 unspecified atom stereocenters. The third kappa shape index (κ3) is 4.19. The van der Waals surface area contributed by atoms with E-state index in [1.807, 2.05) is 34.5 Å². The zero-order valence-electron chi connectivity index (χ0n) is 23.5. The van der Waals surface area contributed by atoms with Gasteiger partial charge in [0, 0.05) is 37.3 Å². The molecule has 3 aromatic heterocycles. The van der Waals surface area contributed by atoms with Gasteiger partial charge in [0.15, 0.2) is 0 Å². The number of benzene rings is 3. The SMILES string of the molecule is Cc1c(-c2ccc3c(=O)[nH]c4cc(C(=O)N5CCN(C)CC5)ccc4n23)cccc1-n1c(=O)[nH]c2c(F)cccc2c1=O. The highest BCUT2D eigenvalue weighted by Gasteiger charge is 2.22. The van der Waals surface area contributed by atoms with Crippen molar-refractivity contribution in [3.63, 3.8) is 0 Å². The van der Waals surface area contributed by atoms with Crippen LogP contribution in [0.3, 0.4) is 0 Å². The van der Waals surface area contributed by atoms with Crippen LogP contribution in [0.4, 0.5) is 4.39 Å². The summed E-state index contributed by atoms with van der Waals surface area (Å²) in [5, 5.41) is 0.0528. The Hall–Kier alpha value is -5.29. The number of likely N-dealkylation sites (N-methyl/N-ethyl adjacent to an activating group) is 1. The van der Waals surface area contributed by atoms with Crippen LogP contribution in [0.25, 0.3) is 44.4 Å². The molecule has 2 N–H and O–H groups in total. The highest BCUT2D eigenvalue weighted by Crippen LogP contribution is 2.30. The van der Waals surface area contributed by atoms with Crippen molar-refractivity contribution < 1.29 is 9.18 Å². The average molecular weight is 579 g/mol. The Morgan fingerprint density at radius 1 is 0.860 bits per heavy atom. The third-order valence-corrected chi connectivity index (χ3v) is 8.34. The molecule has 0 saturated carbocycles. The molecule has 1 amide bonds. The number of nitrogens with zero attached hydrogens (tertiary/aromatic N) is 4. The second-order valence-corrected chi connectivity index (χ2v) is 10.9. The summed E-state index contributed by atoms with van der Waals surface area (Å²) in [4.78, 5) is 62.3. The fourth-order valence-electron chi connectivity index (χ4n) is 5.99. The first kappa shape index (κ1) is 26.6. The quantitative estimate of drug-likeness (QED) is 0.335. The van der Waals surface area contributed by atoms with Crippen molar-refractivity contribution in [2.45, 2.75) is 6.92 Å². The topological polar surface area (TPSA) is 116 Å². The molecule has 43 heavy (non-hydrogen) atoms. The minimum absolute atomic E-state index is 0.0528. The van der Waals surface area contributed by atoms with Gasteiger partial charge in [-0.2, -0.15) is 0 Å². The van der Waals surface area contributed by atoms with E-state index in [-0.39, 0.29) is 22.4 Å². The Morgan fingerprint density at radius 2 is 1.60 bits per heavy atom. The molecule has 7 rings (SSSR count). The maximum absolute atomic E-state index is 14.3. The van der Waals surface area contributed by atoms with Crippen LogP contribution in [0.15, 0.2) is 81.1 Å². The van der Waals surface area contributed by atoms with Gasteiger partial charge in [0.25, 0.3) is 17.0 Å². The second-order valence-electron chi connectivity index (χ2n) is 10.9. The van der Waals surface area contributed by atoms with Crippen LogP contribution in [0, 0.1) is 12.7 Å². The molecule has 1 aliphatic rings. The number of amides is 1. The summed E-state index contributed by atoms with van der Waals surface area (Å²) in [6.07, 6.45) is 0. The van der Waals surface area contributed by atoms with E-state index >= 15 is 0 Å². The molecule has 0 bridgehead atoms. The van der Waals surface area contributed by atoms with E-state index in [0.29, 0.717) is 57.7 Å². The Morgan fingerprint density at radius 3 is 2.40 bits per heavy atom. The van der Waals surface area contributed by atoms with Crippen molar-refractivity contribution in [2.75, 3.05) is 33.2 Å². The summed E-state index contributed by atoms with van der Waals surface area (Å²) >= 11 is 0. The van der Waals surface area contributed by atoms with Gasteiger partial charge in [-0.3, -0.25) is 14.4 Å². The van der Waals surface area contributed by atoms with E-state index in [0.717, 1.165) is 17.7 Å². The van der Waals surface area contributed by atoms with E-state index in [1.54, 1.807) is 37.3 Å². The number of halogens is 1. The standard InChI is InChI=1S/C32H27FN6O4/c1-18-20(5-4-8-24(18)39-31(42)21-6-3-7-22(33)28(21)35-32(39)43)25-11-12-27-29(40)34-23-17-19(9-10-26(23)38(25)27)30(41)37-15-13-36(2)14-16-37/h3-12,17H,13-16H2,1-2H3,(H,34,40)(H,35,43). The third-order valence-electron chi connectivity index (χ3n) is 8.34. The summed E-state index contributed by atoms with van der Waals surface area (Å²) in [6, 6.07) is 18.1. The lowest BCUT2D eigenvalue weighted by Crippen LogP contribution is -2.47. The van der Waals surface area contributed by atoms with Crippen molar-refractivity contribution >= 4 is 33.4 Å². The lowest BCUT2D eigenvalue weighted by Gasteiger charge is -2.32. The minimum atomic E-state index is -0.762. The van der Waals surface area contributed by atoms with Crippen LogP contribution < -0.4 is 16.8 Å². The Balaban J connectivity index is 1.38. The Kier molecular flexibility index (Phi) is 6.13. The molecule has 10 nitrogen and oxygen atoms in total. The highest BCUT2D eigenvalue weighted by molar-refractivity contribution is 5.98. The zero-order valence-corrected chi connectivity index (χ0v) is 23.5. The molecule has 4 heterocycles. The van der Waals surface area contributed by atoms with Crippen LogP contribution in [0.5, 0.6) is 0 Å². The fraction of sp³-hybridized carbons (Fsp3) is 0.188. The molecule has 216 valence electrons. The highest BCUT2D eigenvalue weighted by atomic mass is 19.1. The lowest BCUT2D eigenvalue weighted by molar-refractivity contribution is 0.0664. The number of aromatic nitrogens is 4. The van der Waals surface area contributed by atoms with Gasteiger partial charge in [-0.25, -0.2) is 13.8 Å². The monoisotopic (exact) mass is 578 g/mol. The van der Waals surface area contributed by atoms with Crippen molar-refractivity contribution in [1.82, 2.24) is 28.7 Å². The molecule has 6 aromatic rings. The van der Waals surface area contributed by atoms with E-state index < -0.39 is 17.1 Å². The number of hydrogen-bond acceptors (Lipinski definition) is 5. The largest absolute Gasteiger partial charge is 0.336 e. The number of nitrogens with one attached hydrogen (secondary N) is 2. The van der Waals surface area contributed by atoms with Gasteiger partial charge in [-0.1, -0.05) is 18.2 Å². The number of fused-ring (bicyclic) bond motifs is 4. The molecule has 3 aromatic carbocycles. The van der Waals surface area contributed by atoms with Crippen LogP contribution in [-0.2, 0) is 0 Å². The molecule has 0 aliphatic carbocycles. The molecule has 1 saturated heterocycles.